The molecule has 1 heterocycles. The van der Waals surface area contributed by atoms with E-state index >= 15 is 0 Å². The topological polar surface area (TPSA) is 58.1 Å². The van der Waals surface area contributed by atoms with E-state index in [4.69, 9.17) is 4.74 Å². The summed E-state index contributed by atoms with van der Waals surface area (Å²) in [4.78, 5) is 7.73. The molecule has 0 saturated carbocycles. The zero-order valence-corrected chi connectivity index (χ0v) is 12.4. The van der Waals surface area contributed by atoms with Gasteiger partial charge in [0.15, 0.2) is 5.16 Å². The average Bonchev–Trinajstić information content (AvgIpc) is 2.95. The first-order valence-corrected chi connectivity index (χ1v) is 7.64. The molecule has 0 bridgehead atoms. The largest absolute Gasteiger partial charge is 0.497 e. The van der Waals surface area contributed by atoms with Gasteiger partial charge in [0.2, 0.25) is 0 Å². The quantitative estimate of drug-likeness (QED) is 0.709. The SMILES string of the molecule is COc1ccc2nc(SCC(O)c3ccccc3)[nH]c2c1. The molecular weight excluding hydrogens is 284 g/mol. The van der Waals surface area contributed by atoms with Gasteiger partial charge in [-0.3, -0.25) is 0 Å². The Morgan fingerprint density at radius 1 is 1.24 bits per heavy atom. The van der Waals surface area contributed by atoms with Crippen LogP contribution in [0.4, 0.5) is 0 Å². The van der Waals surface area contributed by atoms with Gasteiger partial charge in [-0.1, -0.05) is 42.1 Å². The van der Waals surface area contributed by atoms with Crippen LogP contribution in [0, 0.1) is 0 Å². The molecule has 0 aliphatic heterocycles. The number of nitrogens with zero attached hydrogens (tertiary/aromatic N) is 1. The summed E-state index contributed by atoms with van der Waals surface area (Å²) in [5.41, 5.74) is 2.75. The molecule has 0 saturated heterocycles. The minimum atomic E-state index is -0.501. The highest BCUT2D eigenvalue weighted by Gasteiger charge is 2.10. The minimum absolute atomic E-state index is 0.501. The number of aromatic nitrogens is 2. The number of hydrogen-bond acceptors (Lipinski definition) is 4. The van der Waals surface area contributed by atoms with Crippen molar-refractivity contribution in [3.8, 4) is 5.75 Å². The fraction of sp³-hybridized carbons (Fsp3) is 0.188. The fourth-order valence-corrected chi connectivity index (χ4v) is 2.94. The smallest absolute Gasteiger partial charge is 0.166 e. The first-order chi connectivity index (χ1) is 10.3. The molecule has 1 unspecified atom stereocenters. The highest BCUT2D eigenvalue weighted by molar-refractivity contribution is 7.99. The van der Waals surface area contributed by atoms with Gasteiger partial charge in [-0.05, 0) is 17.7 Å². The maximum Gasteiger partial charge on any atom is 0.166 e. The van der Waals surface area contributed by atoms with Gasteiger partial charge in [-0.2, -0.15) is 0 Å². The number of fused-ring (bicyclic) bond motifs is 1. The Labute approximate surface area is 127 Å². The van der Waals surface area contributed by atoms with Crippen LogP contribution in [0.15, 0.2) is 53.7 Å². The lowest BCUT2D eigenvalue weighted by Crippen LogP contribution is -2.00. The maximum absolute atomic E-state index is 10.2. The Morgan fingerprint density at radius 3 is 2.81 bits per heavy atom. The third-order valence-electron chi connectivity index (χ3n) is 3.23. The monoisotopic (exact) mass is 300 g/mol. The van der Waals surface area contributed by atoms with Crippen LogP contribution < -0.4 is 4.74 Å². The van der Waals surface area contributed by atoms with Crippen LogP contribution in [0.1, 0.15) is 11.7 Å². The number of rotatable bonds is 5. The molecule has 0 fully saturated rings. The van der Waals surface area contributed by atoms with Gasteiger partial charge in [0.05, 0.1) is 24.2 Å². The number of thioether (sulfide) groups is 1. The number of ether oxygens (including phenoxy) is 1. The summed E-state index contributed by atoms with van der Waals surface area (Å²) in [5.74, 6) is 1.35. The molecule has 1 aromatic heterocycles. The highest BCUT2D eigenvalue weighted by Crippen LogP contribution is 2.26. The van der Waals surface area contributed by atoms with E-state index in [9.17, 15) is 5.11 Å². The molecule has 0 amide bonds. The molecule has 2 aromatic carbocycles. The number of hydrogen-bond donors (Lipinski definition) is 2. The molecule has 4 nitrogen and oxygen atoms in total. The summed E-state index contributed by atoms with van der Waals surface area (Å²) in [6, 6.07) is 15.4. The predicted molar refractivity (Wildman–Crippen MR) is 84.8 cm³/mol. The second-order valence-corrected chi connectivity index (χ2v) is 5.67. The van der Waals surface area contributed by atoms with Crippen molar-refractivity contribution in [2.75, 3.05) is 12.9 Å². The Bertz CT molecular complexity index is 727. The van der Waals surface area contributed by atoms with Crippen molar-refractivity contribution in [2.45, 2.75) is 11.3 Å². The van der Waals surface area contributed by atoms with Crippen LogP contribution in [-0.2, 0) is 0 Å². The van der Waals surface area contributed by atoms with Gasteiger partial charge < -0.3 is 14.8 Å². The van der Waals surface area contributed by atoms with Gasteiger partial charge >= 0.3 is 0 Å². The lowest BCUT2D eigenvalue weighted by molar-refractivity contribution is 0.204. The number of nitrogens with one attached hydrogen (secondary N) is 1. The molecule has 1 atom stereocenters. The Kier molecular flexibility index (Phi) is 4.13. The lowest BCUT2D eigenvalue weighted by Gasteiger charge is -2.08. The van der Waals surface area contributed by atoms with E-state index in [1.807, 2.05) is 48.5 Å². The summed E-state index contributed by atoms with van der Waals surface area (Å²) >= 11 is 1.51. The minimum Gasteiger partial charge on any atom is -0.497 e. The van der Waals surface area contributed by atoms with Crippen LogP contribution in [0.5, 0.6) is 5.75 Å². The van der Waals surface area contributed by atoms with E-state index in [2.05, 4.69) is 9.97 Å². The molecule has 0 aliphatic rings. The third-order valence-corrected chi connectivity index (χ3v) is 4.18. The zero-order chi connectivity index (χ0) is 14.7. The third kappa shape index (κ3) is 3.20. The van der Waals surface area contributed by atoms with Crippen LogP contribution in [0.2, 0.25) is 0 Å². The van der Waals surface area contributed by atoms with Gasteiger partial charge in [-0.15, -0.1) is 0 Å². The van der Waals surface area contributed by atoms with Gasteiger partial charge in [0.25, 0.3) is 0 Å². The van der Waals surface area contributed by atoms with Crippen LogP contribution in [0.25, 0.3) is 11.0 Å². The second-order valence-electron chi connectivity index (χ2n) is 4.66. The molecule has 0 radical (unpaired) electrons. The van der Waals surface area contributed by atoms with Crippen LogP contribution >= 0.6 is 11.8 Å². The first-order valence-electron chi connectivity index (χ1n) is 6.66. The molecule has 5 heteroatoms. The Morgan fingerprint density at radius 2 is 2.05 bits per heavy atom. The van der Waals surface area contributed by atoms with Crippen molar-refractivity contribution < 1.29 is 9.84 Å². The normalized spacial score (nSPS) is 12.5. The van der Waals surface area contributed by atoms with Crippen molar-refractivity contribution in [1.82, 2.24) is 9.97 Å². The van der Waals surface area contributed by atoms with Crippen molar-refractivity contribution in [3.05, 3.63) is 54.1 Å². The lowest BCUT2D eigenvalue weighted by atomic mass is 10.1. The second kappa shape index (κ2) is 6.20. The summed E-state index contributed by atoms with van der Waals surface area (Å²) in [5, 5.41) is 11.0. The van der Waals surface area contributed by atoms with Crippen LogP contribution in [0.3, 0.4) is 0 Å². The van der Waals surface area contributed by atoms with E-state index in [0.29, 0.717) is 5.75 Å². The van der Waals surface area contributed by atoms with Crippen molar-refractivity contribution in [1.29, 1.82) is 0 Å². The zero-order valence-electron chi connectivity index (χ0n) is 11.6. The number of benzene rings is 2. The summed E-state index contributed by atoms with van der Waals surface area (Å²) in [7, 11) is 1.64. The van der Waals surface area contributed by atoms with Crippen molar-refractivity contribution in [2.24, 2.45) is 0 Å². The van der Waals surface area contributed by atoms with Crippen LogP contribution in [-0.4, -0.2) is 27.9 Å². The Hall–Kier alpha value is -1.98. The van der Waals surface area contributed by atoms with E-state index in [1.165, 1.54) is 11.8 Å². The first kappa shape index (κ1) is 14.0. The van der Waals surface area contributed by atoms with Crippen molar-refractivity contribution >= 4 is 22.8 Å². The number of aromatic amines is 1. The maximum atomic E-state index is 10.2. The van der Waals surface area contributed by atoms with Gasteiger partial charge in [0, 0.05) is 11.8 Å². The number of aliphatic hydroxyl groups excluding tert-OH is 1. The molecule has 108 valence electrons. The molecule has 0 aliphatic carbocycles. The Balaban J connectivity index is 1.70. The van der Waals surface area contributed by atoms with Gasteiger partial charge in [0.1, 0.15) is 5.75 Å². The molecule has 21 heavy (non-hydrogen) atoms. The average molecular weight is 300 g/mol. The number of methoxy groups -OCH3 is 1. The van der Waals surface area contributed by atoms with E-state index < -0.39 is 6.10 Å². The number of imidazole rings is 1. The predicted octanol–water partition coefficient (Wildman–Crippen LogP) is 3.40. The summed E-state index contributed by atoms with van der Waals surface area (Å²) in [6.45, 7) is 0. The molecule has 2 N–H and O–H groups in total. The van der Waals surface area contributed by atoms with Gasteiger partial charge in [-0.25, -0.2) is 4.98 Å². The number of H-pyrrole nitrogens is 1. The molecular formula is C16H16N2O2S. The molecule has 3 aromatic rings. The van der Waals surface area contributed by atoms with E-state index in [0.717, 1.165) is 27.5 Å². The number of aliphatic hydroxyl groups is 1. The van der Waals surface area contributed by atoms with E-state index in [1.54, 1.807) is 7.11 Å². The standard InChI is InChI=1S/C16H16N2O2S/c1-20-12-7-8-13-14(9-12)18-16(17-13)21-10-15(19)11-5-3-2-4-6-11/h2-9,15,19H,10H2,1H3,(H,17,18). The van der Waals surface area contributed by atoms with E-state index in [-0.39, 0.29) is 0 Å². The fourth-order valence-electron chi connectivity index (χ4n) is 2.09. The molecule has 3 rings (SSSR count). The van der Waals surface area contributed by atoms with Crippen molar-refractivity contribution in [3.63, 3.8) is 0 Å². The highest BCUT2D eigenvalue weighted by atomic mass is 32.2. The molecule has 0 spiro atoms. The summed E-state index contributed by atoms with van der Waals surface area (Å²) < 4.78 is 5.19. The summed E-state index contributed by atoms with van der Waals surface area (Å²) in [6.07, 6.45) is -0.501.